The van der Waals surface area contributed by atoms with Crippen molar-refractivity contribution in [2.24, 2.45) is 11.5 Å². The van der Waals surface area contributed by atoms with Gasteiger partial charge < -0.3 is 21.7 Å². The summed E-state index contributed by atoms with van der Waals surface area (Å²) in [7, 11) is -2.95. The summed E-state index contributed by atoms with van der Waals surface area (Å²) in [5.41, 5.74) is 10.4. The molecule has 0 saturated heterocycles. The van der Waals surface area contributed by atoms with E-state index in [1.54, 1.807) is 0 Å². The molecule has 0 amide bonds. The highest BCUT2D eigenvalue weighted by molar-refractivity contribution is 8.72. The van der Waals surface area contributed by atoms with Crippen LogP contribution in [0.2, 0.25) is 0 Å². The summed E-state index contributed by atoms with van der Waals surface area (Å²) < 4.78 is 22.9. The molecule has 0 aromatic carbocycles. The molecule has 0 aliphatic heterocycles. The molecule has 106 valence electrons. The van der Waals surface area contributed by atoms with Crippen LogP contribution in [0.4, 0.5) is 0 Å². The van der Waals surface area contributed by atoms with Gasteiger partial charge in [-0.15, -0.1) is 0 Å². The quantitative estimate of drug-likeness (QED) is 0.377. The average molecular weight is 300 g/mol. The zero-order valence-electron chi connectivity index (χ0n) is 9.48. The van der Waals surface area contributed by atoms with Gasteiger partial charge in [-0.05, 0) is 23.6 Å². The van der Waals surface area contributed by atoms with Crippen molar-refractivity contribution >= 4 is 31.6 Å². The van der Waals surface area contributed by atoms with E-state index >= 15 is 0 Å². The van der Waals surface area contributed by atoms with Crippen molar-refractivity contribution in [1.29, 1.82) is 0 Å². The number of rotatable bonds is 9. The lowest BCUT2D eigenvalue weighted by atomic mass is 10.2. The van der Waals surface area contributed by atoms with Crippen LogP contribution in [0.15, 0.2) is 0 Å². The van der Waals surface area contributed by atoms with Gasteiger partial charge in [0.2, 0.25) is 8.87 Å². The van der Waals surface area contributed by atoms with Crippen LogP contribution in [0, 0.1) is 0 Å². The summed E-state index contributed by atoms with van der Waals surface area (Å²) >= 11 is 0. The van der Waals surface area contributed by atoms with Crippen molar-refractivity contribution in [2.45, 2.75) is 24.9 Å². The van der Waals surface area contributed by atoms with Gasteiger partial charge in [0.05, 0.1) is 5.75 Å². The van der Waals surface area contributed by atoms with Gasteiger partial charge in [-0.1, -0.05) is 0 Å². The van der Waals surface area contributed by atoms with Gasteiger partial charge in [0.15, 0.2) is 0 Å². The highest BCUT2D eigenvalue weighted by Gasteiger charge is 2.19. The first kappa shape index (κ1) is 17.2. The molecule has 0 rings (SSSR count). The molecule has 18 heavy (non-hydrogen) atoms. The van der Waals surface area contributed by atoms with Crippen molar-refractivity contribution in [3.63, 3.8) is 0 Å². The van der Waals surface area contributed by atoms with Crippen LogP contribution in [0.5, 0.6) is 0 Å². The Morgan fingerprint density at radius 1 is 1.06 bits per heavy atom. The molecular formula is C8H16N2O6S2. The second kappa shape index (κ2) is 7.56. The Morgan fingerprint density at radius 2 is 1.50 bits per heavy atom. The number of hydrogen-bond acceptors (Lipinski definition) is 7. The summed E-state index contributed by atoms with van der Waals surface area (Å²) in [6.07, 6.45) is -0.167. The summed E-state index contributed by atoms with van der Waals surface area (Å²) in [6.45, 7) is 0. The monoisotopic (exact) mass is 300 g/mol. The van der Waals surface area contributed by atoms with Gasteiger partial charge >= 0.3 is 11.9 Å². The number of hydrogen-bond donors (Lipinski definition) is 4. The lowest BCUT2D eigenvalue weighted by molar-refractivity contribution is -0.139. The van der Waals surface area contributed by atoms with E-state index in [0.717, 1.165) is 0 Å². The zero-order valence-corrected chi connectivity index (χ0v) is 11.1. The van der Waals surface area contributed by atoms with Crippen LogP contribution in [0.25, 0.3) is 0 Å². The minimum Gasteiger partial charge on any atom is -0.480 e. The third-order valence-electron chi connectivity index (χ3n) is 2.00. The fourth-order valence-electron chi connectivity index (χ4n) is 0.879. The SMILES string of the molecule is N[C@@H](CCSS(=O)(=O)CC[C@H](N)C(=O)O)C(=O)O. The molecular weight excluding hydrogens is 284 g/mol. The molecule has 0 aliphatic carbocycles. The minimum atomic E-state index is -3.51. The van der Waals surface area contributed by atoms with Crippen molar-refractivity contribution in [1.82, 2.24) is 0 Å². The first-order valence-corrected chi connectivity index (χ1v) is 8.15. The molecule has 0 heterocycles. The maximum atomic E-state index is 11.4. The van der Waals surface area contributed by atoms with E-state index in [0.29, 0.717) is 10.8 Å². The molecule has 0 unspecified atom stereocenters. The molecule has 0 aromatic heterocycles. The van der Waals surface area contributed by atoms with Gasteiger partial charge in [-0.3, -0.25) is 9.59 Å². The average Bonchev–Trinajstić information content (AvgIpc) is 2.25. The van der Waals surface area contributed by atoms with Gasteiger partial charge in [-0.2, -0.15) is 0 Å². The van der Waals surface area contributed by atoms with Gasteiger partial charge in [-0.25, -0.2) is 8.42 Å². The summed E-state index contributed by atoms with van der Waals surface area (Å²) in [5, 5.41) is 17.0. The van der Waals surface area contributed by atoms with E-state index in [-0.39, 0.29) is 24.3 Å². The third-order valence-corrected chi connectivity index (χ3v) is 5.58. The highest BCUT2D eigenvalue weighted by Crippen LogP contribution is 2.16. The summed E-state index contributed by atoms with van der Waals surface area (Å²) in [6, 6.07) is -2.32. The fourth-order valence-corrected chi connectivity index (χ4v) is 3.84. The summed E-state index contributed by atoms with van der Waals surface area (Å²) in [5.74, 6) is -2.78. The predicted octanol–water partition coefficient (Wildman–Crippen LogP) is -1.35. The Bertz CT molecular complexity index is 396. The Hall–Kier alpha value is -0.840. The van der Waals surface area contributed by atoms with E-state index in [1.165, 1.54) is 0 Å². The maximum Gasteiger partial charge on any atom is 0.320 e. The first-order chi connectivity index (χ1) is 8.15. The molecule has 0 saturated carbocycles. The molecule has 0 aromatic rings. The van der Waals surface area contributed by atoms with E-state index in [1.807, 2.05) is 0 Å². The maximum absolute atomic E-state index is 11.4. The lowest BCUT2D eigenvalue weighted by Crippen LogP contribution is -2.32. The second-order valence-corrected chi connectivity index (χ2v) is 7.95. The highest BCUT2D eigenvalue weighted by atomic mass is 33.1. The van der Waals surface area contributed by atoms with Crippen molar-refractivity contribution < 1.29 is 28.2 Å². The van der Waals surface area contributed by atoms with E-state index in [9.17, 15) is 18.0 Å². The Kier molecular flexibility index (Phi) is 7.21. The Balaban J connectivity index is 4.02. The third kappa shape index (κ3) is 7.48. The lowest BCUT2D eigenvalue weighted by Gasteiger charge is -2.08. The second-order valence-electron chi connectivity index (χ2n) is 3.55. The van der Waals surface area contributed by atoms with Crippen LogP contribution in [0.3, 0.4) is 0 Å². The van der Waals surface area contributed by atoms with Crippen LogP contribution in [0.1, 0.15) is 12.8 Å². The molecule has 8 nitrogen and oxygen atoms in total. The molecule has 0 aliphatic rings. The first-order valence-electron chi connectivity index (χ1n) is 4.99. The molecule has 2 atom stereocenters. The molecule has 10 heteroatoms. The number of nitrogens with two attached hydrogens (primary N) is 2. The molecule has 6 N–H and O–H groups in total. The van der Waals surface area contributed by atoms with E-state index in [4.69, 9.17) is 21.7 Å². The van der Waals surface area contributed by atoms with Gasteiger partial charge in [0.1, 0.15) is 12.1 Å². The fraction of sp³-hybridized carbons (Fsp3) is 0.750. The molecule has 0 radical (unpaired) electrons. The number of carboxylic acid groups (broad SMARTS) is 2. The Morgan fingerprint density at radius 3 is 1.94 bits per heavy atom. The van der Waals surface area contributed by atoms with Crippen molar-refractivity contribution in [3.8, 4) is 0 Å². The molecule has 0 bridgehead atoms. The topological polar surface area (TPSA) is 161 Å². The number of carbonyl (C=O) groups is 2. The largest absolute Gasteiger partial charge is 0.480 e. The zero-order chi connectivity index (χ0) is 14.3. The van der Waals surface area contributed by atoms with Crippen molar-refractivity contribution in [2.75, 3.05) is 11.5 Å². The standard InChI is InChI=1S/C8H16N2O6S2/c9-5(7(11)12)1-3-17-18(15,16)4-2-6(10)8(13)14/h5-6H,1-4,9-10H2,(H,11,12)(H,13,14)/t5-,6-/m0/s1. The van der Waals surface area contributed by atoms with Crippen LogP contribution in [-0.2, 0) is 18.5 Å². The van der Waals surface area contributed by atoms with E-state index < -0.39 is 32.9 Å². The van der Waals surface area contributed by atoms with Crippen LogP contribution < -0.4 is 11.5 Å². The Labute approximate surface area is 108 Å². The number of carboxylic acids is 2. The molecule has 0 fully saturated rings. The van der Waals surface area contributed by atoms with Gasteiger partial charge in [0, 0.05) is 5.75 Å². The van der Waals surface area contributed by atoms with Crippen LogP contribution in [-0.4, -0.2) is 54.2 Å². The summed E-state index contributed by atoms with van der Waals surface area (Å²) in [4.78, 5) is 20.8. The molecule has 0 spiro atoms. The smallest absolute Gasteiger partial charge is 0.320 e. The predicted molar refractivity (Wildman–Crippen MR) is 66.7 cm³/mol. The van der Waals surface area contributed by atoms with Crippen LogP contribution >= 0.6 is 10.8 Å². The minimum absolute atomic E-state index is 0.0181. The normalized spacial score (nSPS) is 15.0. The number of aliphatic carboxylic acids is 2. The van der Waals surface area contributed by atoms with Crippen molar-refractivity contribution in [3.05, 3.63) is 0 Å². The van der Waals surface area contributed by atoms with E-state index in [2.05, 4.69) is 0 Å². The van der Waals surface area contributed by atoms with Gasteiger partial charge in [0.25, 0.3) is 0 Å².